The topological polar surface area (TPSA) is 50.9 Å². The molecule has 0 aliphatic carbocycles. The minimum atomic E-state index is -0.681. The summed E-state index contributed by atoms with van der Waals surface area (Å²) in [5, 5.41) is 12.7. The lowest BCUT2D eigenvalue weighted by Crippen LogP contribution is -2.34. The first-order chi connectivity index (χ1) is 33.4. The van der Waals surface area contributed by atoms with Gasteiger partial charge in [0.25, 0.3) is 0 Å². The maximum absolute atomic E-state index is 12.7. The number of imidazole rings is 1. The third-order valence-electron chi connectivity index (χ3n) is 14.8. The van der Waals surface area contributed by atoms with Crippen LogP contribution in [0.3, 0.4) is 0 Å². The highest BCUT2D eigenvalue weighted by molar-refractivity contribution is 5.98. The quantitative estimate of drug-likeness (QED) is 0.157. The van der Waals surface area contributed by atoms with Crippen LogP contribution in [-0.4, -0.2) is 19.6 Å². The van der Waals surface area contributed by atoms with Crippen molar-refractivity contribution in [1.29, 1.82) is 0 Å². The molecule has 0 amide bonds. The monoisotopic (exact) mass is 921 g/mol. The van der Waals surface area contributed by atoms with E-state index in [-0.39, 0.29) is 27.4 Å². The van der Waals surface area contributed by atoms with Gasteiger partial charge in [-0.05, 0) is 132 Å². The summed E-state index contributed by atoms with van der Waals surface area (Å²) in [5.41, 5.74) is 17.3. The molecule has 9 aromatic rings. The Hall–Kier alpha value is -7.04. The van der Waals surface area contributed by atoms with Crippen molar-refractivity contribution in [2.45, 2.75) is 112 Å². The molecule has 1 N–H and O–H groups in total. The maximum Gasteiger partial charge on any atom is 0.149 e. The van der Waals surface area contributed by atoms with Gasteiger partial charge in [-0.2, -0.15) is 0 Å². The number of para-hydroxylation sites is 1. The third kappa shape index (κ3) is 9.13. The van der Waals surface area contributed by atoms with Crippen molar-refractivity contribution >= 4 is 11.0 Å². The molecule has 7 aromatic carbocycles. The molecule has 2 aromatic heterocycles. The first-order valence-corrected chi connectivity index (χ1v) is 24.8. The normalized spacial score (nSPS) is 12.9. The molecule has 0 radical (unpaired) electrons. The summed E-state index contributed by atoms with van der Waals surface area (Å²) in [6.07, 6.45) is 1.89. The molecule has 0 aliphatic heterocycles. The number of phenolic OH excluding ortho intramolecular Hbond substituents is 1. The van der Waals surface area contributed by atoms with Gasteiger partial charge in [-0.15, -0.1) is 0 Å². The highest BCUT2D eigenvalue weighted by Gasteiger charge is 2.36. The second-order valence-electron chi connectivity index (χ2n) is 23.0. The number of hydrogen-bond donors (Lipinski definition) is 1. The summed E-state index contributed by atoms with van der Waals surface area (Å²) in [4.78, 5) is 10.7. The molecule has 0 fully saturated rings. The number of aromatic hydroxyl groups is 1. The number of hydrogen-bond acceptors (Lipinski definition) is 3. The third-order valence-corrected chi connectivity index (χ3v) is 14.8. The molecule has 4 heteroatoms. The van der Waals surface area contributed by atoms with Gasteiger partial charge >= 0.3 is 0 Å². The lowest BCUT2D eigenvalue weighted by molar-refractivity contribution is 0.225. The molecule has 354 valence electrons. The standard InChI is InChI=1S/C66H69N3O/c1-42(2)43-27-29-45(30-28-43)47-33-34-67-57(38-47)50-36-48(44-21-16-14-17-22-44)35-49(37-50)53-25-20-26-59-60(53)68-62(55-40-52(63(3,4)5)41-56(61(55)70)64(6,7)8)69(59)58-32-31-51(66(12,13)65(9,10)11)39-54(58)46-23-18-15-19-24-46/h14-42,70H,1-13H3/i42D. The Bertz CT molecular complexity index is 3410. The molecule has 2 heterocycles. The Kier molecular flexibility index (Phi) is 12.0. The number of rotatable bonds is 9. The van der Waals surface area contributed by atoms with Crippen molar-refractivity contribution in [3.63, 3.8) is 0 Å². The fourth-order valence-corrected chi connectivity index (χ4v) is 9.46. The van der Waals surface area contributed by atoms with Crippen LogP contribution in [0.5, 0.6) is 5.75 Å². The summed E-state index contributed by atoms with van der Waals surface area (Å²) in [7, 11) is 0. The average Bonchev–Trinajstić information content (AvgIpc) is 3.72. The molecule has 0 saturated heterocycles. The number of phenols is 1. The number of aromatic nitrogens is 3. The van der Waals surface area contributed by atoms with E-state index >= 15 is 0 Å². The molecular weight excluding hydrogens is 851 g/mol. The molecule has 0 spiro atoms. The largest absolute Gasteiger partial charge is 0.507 e. The van der Waals surface area contributed by atoms with Crippen LogP contribution >= 0.6 is 0 Å². The van der Waals surface area contributed by atoms with Gasteiger partial charge in [-0.25, -0.2) is 4.98 Å². The van der Waals surface area contributed by atoms with Crippen LogP contribution < -0.4 is 0 Å². The SMILES string of the molecule is [2H]C(C)(C)c1ccc(-c2ccnc(-c3cc(-c4ccccc4)cc(-c4cccc5c4nc(-c4cc(C(C)(C)C)cc(C(C)(C)C)c4O)n5-c4ccc(C(C)(C)C(C)(C)C)cc4-c4ccccc4)c3)c2)cc1. The van der Waals surface area contributed by atoms with Crippen LogP contribution in [0.25, 0.3) is 83.9 Å². The van der Waals surface area contributed by atoms with Crippen molar-refractivity contribution in [2.24, 2.45) is 5.41 Å². The highest BCUT2D eigenvalue weighted by atomic mass is 16.3. The highest BCUT2D eigenvalue weighted by Crippen LogP contribution is 2.48. The predicted molar refractivity (Wildman–Crippen MR) is 297 cm³/mol. The summed E-state index contributed by atoms with van der Waals surface area (Å²) in [5.74, 6) is 0.239. The maximum atomic E-state index is 12.7. The van der Waals surface area contributed by atoms with Crippen molar-refractivity contribution in [3.8, 4) is 78.6 Å². The zero-order valence-corrected chi connectivity index (χ0v) is 43.5. The van der Waals surface area contributed by atoms with E-state index in [4.69, 9.17) is 11.3 Å². The summed E-state index contributed by atoms with van der Waals surface area (Å²) in [6.45, 7) is 28.7. The minimum Gasteiger partial charge on any atom is -0.507 e. The van der Waals surface area contributed by atoms with Gasteiger partial charge in [0.15, 0.2) is 0 Å². The Balaban J connectivity index is 1.34. The van der Waals surface area contributed by atoms with Crippen LogP contribution in [0.15, 0.2) is 170 Å². The number of fused-ring (bicyclic) bond motifs is 1. The van der Waals surface area contributed by atoms with Crippen LogP contribution in [-0.2, 0) is 16.2 Å². The van der Waals surface area contributed by atoms with Gasteiger partial charge in [-0.1, -0.05) is 199 Å². The summed E-state index contributed by atoms with van der Waals surface area (Å²) < 4.78 is 10.9. The van der Waals surface area contributed by atoms with E-state index in [0.29, 0.717) is 11.4 Å². The smallest absolute Gasteiger partial charge is 0.149 e. The molecule has 4 nitrogen and oxygen atoms in total. The lowest BCUT2D eigenvalue weighted by atomic mass is 9.65. The van der Waals surface area contributed by atoms with E-state index in [0.717, 1.165) is 89.2 Å². The van der Waals surface area contributed by atoms with Gasteiger partial charge in [0.2, 0.25) is 0 Å². The fourth-order valence-electron chi connectivity index (χ4n) is 9.46. The van der Waals surface area contributed by atoms with Crippen LogP contribution in [0.4, 0.5) is 0 Å². The molecule has 0 aliphatic rings. The predicted octanol–water partition coefficient (Wildman–Crippen LogP) is 18.2. The second-order valence-corrected chi connectivity index (χ2v) is 23.0. The molecule has 0 unspecified atom stereocenters. The average molecular weight is 921 g/mol. The number of nitrogens with zero attached hydrogens (tertiary/aromatic N) is 3. The summed E-state index contributed by atoms with van der Waals surface area (Å²) >= 11 is 0. The molecule has 9 rings (SSSR count). The van der Waals surface area contributed by atoms with Crippen molar-refractivity contribution < 1.29 is 6.48 Å². The number of pyridine rings is 1. The van der Waals surface area contributed by atoms with Crippen molar-refractivity contribution in [3.05, 3.63) is 192 Å². The van der Waals surface area contributed by atoms with Crippen molar-refractivity contribution in [2.75, 3.05) is 0 Å². The van der Waals surface area contributed by atoms with Gasteiger partial charge in [0.05, 0.1) is 28.0 Å². The first-order valence-electron chi connectivity index (χ1n) is 25.3. The van der Waals surface area contributed by atoms with Crippen LogP contribution in [0.2, 0.25) is 0 Å². The Morgan fingerprint density at radius 2 is 1.11 bits per heavy atom. The Morgan fingerprint density at radius 3 is 1.74 bits per heavy atom. The minimum absolute atomic E-state index is 0.0117. The van der Waals surface area contributed by atoms with E-state index < -0.39 is 5.89 Å². The van der Waals surface area contributed by atoms with Gasteiger partial charge < -0.3 is 5.11 Å². The van der Waals surface area contributed by atoms with Gasteiger partial charge in [0, 0.05) is 29.8 Å². The van der Waals surface area contributed by atoms with E-state index in [2.05, 4.69) is 245 Å². The van der Waals surface area contributed by atoms with E-state index in [9.17, 15) is 5.11 Å². The molecule has 0 saturated carbocycles. The van der Waals surface area contributed by atoms with Crippen LogP contribution in [0, 0.1) is 5.41 Å². The van der Waals surface area contributed by atoms with E-state index in [1.165, 1.54) is 5.56 Å². The zero-order valence-electron chi connectivity index (χ0n) is 44.5. The number of benzene rings is 7. The van der Waals surface area contributed by atoms with Gasteiger partial charge in [-0.3, -0.25) is 9.55 Å². The van der Waals surface area contributed by atoms with Crippen LogP contribution in [0.1, 0.15) is 120 Å². The Labute approximate surface area is 418 Å². The zero-order chi connectivity index (χ0) is 50.8. The van der Waals surface area contributed by atoms with Gasteiger partial charge in [0.1, 0.15) is 11.6 Å². The van der Waals surface area contributed by atoms with E-state index in [1.807, 2.05) is 20.0 Å². The first kappa shape index (κ1) is 46.7. The molecule has 0 bridgehead atoms. The second kappa shape index (κ2) is 18.0. The molecule has 0 atom stereocenters. The van der Waals surface area contributed by atoms with E-state index in [1.54, 1.807) is 0 Å². The fraction of sp³-hybridized carbons (Fsp3) is 0.273. The van der Waals surface area contributed by atoms with Crippen molar-refractivity contribution in [1.82, 2.24) is 14.5 Å². The molecule has 70 heavy (non-hydrogen) atoms. The molecular formula is C66H69N3O. The lowest BCUT2D eigenvalue weighted by Gasteiger charge is -2.40. The Morgan fingerprint density at radius 1 is 0.500 bits per heavy atom. The summed E-state index contributed by atoms with van der Waals surface area (Å²) in [6, 6.07) is 58.3.